The van der Waals surface area contributed by atoms with Crippen molar-refractivity contribution in [1.29, 1.82) is 0 Å². The highest BCUT2D eigenvalue weighted by molar-refractivity contribution is 5.77. The summed E-state index contributed by atoms with van der Waals surface area (Å²) in [6.45, 7) is 10.1. The smallest absolute Gasteiger partial charge is 0.306 e. The number of esters is 2. The van der Waals surface area contributed by atoms with Crippen LogP contribution in [-0.4, -0.2) is 48.3 Å². The van der Waals surface area contributed by atoms with Crippen LogP contribution in [0.3, 0.4) is 0 Å². The maximum atomic E-state index is 12.0. The van der Waals surface area contributed by atoms with Gasteiger partial charge in [0.25, 0.3) is 0 Å². The molecular weight excluding hydrogens is 308 g/mol. The molecule has 2 heterocycles. The van der Waals surface area contributed by atoms with Gasteiger partial charge in [-0.15, -0.1) is 0 Å². The summed E-state index contributed by atoms with van der Waals surface area (Å²) in [5.41, 5.74) is -0.0199. The van der Waals surface area contributed by atoms with Crippen molar-refractivity contribution >= 4 is 11.9 Å². The summed E-state index contributed by atoms with van der Waals surface area (Å²) < 4.78 is 11.0. The first-order valence-corrected chi connectivity index (χ1v) is 9.04. The van der Waals surface area contributed by atoms with Gasteiger partial charge in [0.15, 0.2) is 0 Å². The van der Waals surface area contributed by atoms with Crippen LogP contribution in [-0.2, 0) is 19.1 Å². The van der Waals surface area contributed by atoms with Gasteiger partial charge >= 0.3 is 11.9 Å². The molecule has 6 heteroatoms. The van der Waals surface area contributed by atoms with Gasteiger partial charge in [-0.1, -0.05) is 0 Å². The van der Waals surface area contributed by atoms with Gasteiger partial charge in [-0.3, -0.25) is 9.59 Å². The number of carbonyl (C=O) groups is 2. The van der Waals surface area contributed by atoms with Crippen LogP contribution in [0.2, 0.25) is 0 Å². The highest BCUT2D eigenvalue weighted by Gasteiger charge is 2.31. The van der Waals surface area contributed by atoms with Gasteiger partial charge in [-0.05, 0) is 53.6 Å². The zero-order valence-corrected chi connectivity index (χ0v) is 15.4. The van der Waals surface area contributed by atoms with E-state index >= 15 is 0 Å². The summed E-state index contributed by atoms with van der Waals surface area (Å²) in [6.07, 6.45) is 3.31. The molecular formula is C18H32N2O4. The predicted octanol–water partition coefficient (Wildman–Crippen LogP) is 1.91. The first-order valence-electron chi connectivity index (χ1n) is 9.04. The van der Waals surface area contributed by atoms with Crippen molar-refractivity contribution in [2.24, 2.45) is 0 Å². The van der Waals surface area contributed by atoms with Gasteiger partial charge in [-0.2, -0.15) is 0 Å². The fraction of sp³-hybridized carbons (Fsp3) is 0.889. The topological polar surface area (TPSA) is 76.7 Å². The van der Waals surface area contributed by atoms with E-state index in [1.807, 2.05) is 0 Å². The van der Waals surface area contributed by atoms with Crippen LogP contribution in [0.25, 0.3) is 0 Å². The Hall–Kier alpha value is -1.14. The van der Waals surface area contributed by atoms with E-state index in [4.69, 9.17) is 9.47 Å². The number of rotatable bonds is 5. The van der Waals surface area contributed by atoms with Crippen LogP contribution in [0.1, 0.15) is 66.2 Å². The zero-order chi connectivity index (χ0) is 17.8. The molecule has 6 nitrogen and oxygen atoms in total. The van der Waals surface area contributed by atoms with Crippen LogP contribution < -0.4 is 10.6 Å². The second kappa shape index (κ2) is 7.83. The maximum absolute atomic E-state index is 12.0. The number of nitrogens with one attached hydrogen (secondary N) is 2. The predicted molar refractivity (Wildman–Crippen MR) is 91.6 cm³/mol. The fourth-order valence-electron chi connectivity index (χ4n) is 3.52. The van der Waals surface area contributed by atoms with Crippen LogP contribution >= 0.6 is 0 Å². The molecule has 138 valence electrons. The van der Waals surface area contributed by atoms with Gasteiger partial charge in [0.2, 0.25) is 0 Å². The Morgan fingerprint density at radius 1 is 0.833 bits per heavy atom. The van der Waals surface area contributed by atoms with Crippen LogP contribution in [0.4, 0.5) is 0 Å². The van der Waals surface area contributed by atoms with Crippen molar-refractivity contribution < 1.29 is 19.1 Å². The Kier molecular flexibility index (Phi) is 6.26. The second-order valence-corrected chi connectivity index (χ2v) is 8.33. The number of hydrogen-bond acceptors (Lipinski definition) is 6. The van der Waals surface area contributed by atoms with Crippen molar-refractivity contribution in [3.8, 4) is 0 Å². The number of hydrogen-bond donors (Lipinski definition) is 2. The lowest BCUT2D eigenvalue weighted by Gasteiger charge is -2.36. The highest BCUT2D eigenvalue weighted by atomic mass is 16.6. The Morgan fingerprint density at radius 3 is 1.54 bits per heavy atom. The fourth-order valence-corrected chi connectivity index (χ4v) is 3.52. The van der Waals surface area contributed by atoms with Gasteiger partial charge in [-0.25, -0.2) is 0 Å². The zero-order valence-electron chi connectivity index (χ0n) is 15.4. The van der Waals surface area contributed by atoms with Gasteiger partial charge in [0.05, 0.1) is 12.8 Å². The van der Waals surface area contributed by atoms with Gasteiger partial charge < -0.3 is 20.1 Å². The SMILES string of the molecule is CC1(C)CC(OC(=O)CCC(=O)OC2CCNC(C)(C)C2)CCN1. The number of carbonyl (C=O) groups excluding carboxylic acids is 2. The molecule has 0 bridgehead atoms. The minimum atomic E-state index is -0.305. The van der Waals surface area contributed by atoms with Crippen LogP contribution in [0.15, 0.2) is 0 Å². The monoisotopic (exact) mass is 340 g/mol. The summed E-state index contributed by atoms with van der Waals surface area (Å²) >= 11 is 0. The van der Waals surface area contributed by atoms with Gasteiger partial charge in [0.1, 0.15) is 12.2 Å². The molecule has 0 aromatic rings. The average molecular weight is 340 g/mol. The van der Waals surface area contributed by atoms with E-state index in [1.165, 1.54) is 0 Å². The van der Waals surface area contributed by atoms with Crippen LogP contribution in [0.5, 0.6) is 0 Å². The van der Waals surface area contributed by atoms with E-state index in [9.17, 15) is 9.59 Å². The molecule has 2 fully saturated rings. The molecule has 2 aliphatic heterocycles. The Morgan fingerprint density at radius 2 is 1.21 bits per heavy atom. The lowest BCUT2D eigenvalue weighted by atomic mass is 9.91. The van der Waals surface area contributed by atoms with Gasteiger partial charge in [0, 0.05) is 23.9 Å². The highest BCUT2D eigenvalue weighted by Crippen LogP contribution is 2.23. The molecule has 2 atom stereocenters. The van der Waals surface area contributed by atoms with E-state index < -0.39 is 0 Å². The largest absolute Gasteiger partial charge is 0.462 e. The first kappa shape index (κ1) is 19.2. The van der Waals surface area contributed by atoms with E-state index in [1.54, 1.807) is 0 Å². The quantitative estimate of drug-likeness (QED) is 0.745. The molecule has 24 heavy (non-hydrogen) atoms. The lowest BCUT2D eigenvalue weighted by molar-refractivity contribution is -0.158. The molecule has 0 amide bonds. The van der Waals surface area contributed by atoms with Crippen molar-refractivity contribution in [1.82, 2.24) is 10.6 Å². The molecule has 0 spiro atoms. The summed E-state index contributed by atoms with van der Waals surface area (Å²) in [4.78, 5) is 23.9. The molecule has 0 aromatic carbocycles. The normalized spacial score (nSPS) is 28.8. The Balaban J connectivity index is 1.67. The molecule has 2 N–H and O–H groups in total. The van der Waals surface area contributed by atoms with Crippen molar-refractivity contribution in [3.05, 3.63) is 0 Å². The minimum Gasteiger partial charge on any atom is -0.462 e. The molecule has 0 aliphatic carbocycles. The summed E-state index contributed by atoms with van der Waals surface area (Å²) in [5.74, 6) is -0.611. The third-order valence-corrected chi connectivity index (χ3v) is 4.75. The standard InChI is InChI=1S/C18H32N2O4/c1-17(2)11-13(7-9-19-17)23-15(21)5-6-16(22)24-14-8-10-20-18(3,4)12-14/h13-14,19-20H,5-12H2,1-4H3. The Bertz CT molecular complexity index is 420. The molecule has 2 saturated heterocycles. The summed E-state index contributed by atoms with van der Waals surface area (Å²) in [5, 5.41) is 6.79. The third-order valence-electron chi connectivity index (χ3n) is 4.75. The molecule has 2 rings (SSSR count). The molecule has 0 saturated carbocycles. The maximum Gasteiger partial charge on any atom is 0.306 e. The second-order valence-electron chi connectivity index (χ2n) is 8.33. The average Bonchev–Trinajstić information content (AvgIpc) is 2.43. The third kappa shape index (κ3) is 6.40. The van der Waals surface area contributed by atoms with E-state index in [2.05, 4.69) is 38.3 Å². The number of ether oxygens (including phenoxy) is 2. The minimum absolute atomic E-state index is 0.00997. The first-order chi connectivity index (χ1) is 11.2. The summed E-state index contributed by atoms with van der Waals surface area (Å²) in [7, 11) is 0. The number of piperidine rings is 2. The lowest BCUT2D eigenvalue weighted by Crippen LogP contribution is -2.49. The van der Waals surface area contributed by atoms with Crippen molar-refractivity contribution in [2.45, 2.75) is 89.5 Å². The molecule has 0 radical (unpaired) electrons. The molecule has 2 unspecified atom stereocenters. The van der Waals surface area contributed by atoms with Crippen molar-refractivity contribution in [2.75, 3.05) is 13.1 Å². The van der Waals surface area contributed by atoms with E-state index in [0.717, 1.165) is 38.8 Å². The van der Waals surface area contributed by atoms with Crippen LogP contribution in [0, 0.1) is 0 Å². The Labute approximate surface area is 145 Å². The van der Waals surface area contributed by atoms with Crippen molar-refractivity contribution in [3.63, 3.8) is 0 Å². The summed E-state index contributed by atoms with van der Waals surface area (Å²) in [6, 6.07) is 0. The van der Waals surface area contributed by atoms with E-state index in [0.29, 0.717) is 0 Å². The molecule has 2 aliphatic rings. The molecule has 0 aromatic heterocycles. The van der Waals surface area contributed by atoms with E-state index in [-0.39, 0.29) is 48.1 Å².